The minimum absolute atomic E-state index is 0.151. The molecule has 1 heterocycles. The number of carboxylic acid groups (broad SMARTS) is 1. The first-order valence-corrected chi connectivity index (χ1v) is 4.66. The van der Waals surface area contributed by atoms with E-state index in [1.165, 1.54) is 12.1 Å². The van der Waals surface area contributed by atoms with Crippen LogP contribution in [0.1, 0.15) is 18.0 Å². The molecule has 2 unspecified atom stereocenters. The Balaban J connectivity index is 2.11. The summed E-state index contributed by atoms with van der Waals surface area (Å²) in [5.74, 6) is -1.21. The van der Waals surface area contributed by atoms with Crippen LogP contribution in [-0.4, -0.2) is 17.1 Å². The second-order valence-corrected chi connectivity index (χ2v) is 3.52. The number of halogens is 1. The molecule has 15 heavy (non-hydrogen) atoms. The number of hydrogen-bond donors (Lipinski definition) is 3. The fraction of sp³-hybridized carbons (Fsp3) is 0.300. The van der Waals surface area contributed by atoms with E-state index in [1.807, 2.05) is 0 Å². The Morgan fingerprint density at radius 3 is 2.87 bits per heavy atom. The van der Waals surface area contributed by atoms with Gasteiger partial charge in [-0.2, -0.15) is 0 Å². The van der Waals surface area contributed by atoms with Gasteiger partial charge in [-0.15, -0.1) is 0 Å². The third-order valence-corrected chi connectivity index (χ3v) is 2.45. The van der Waals surface area contributed by atoms with Crippen molar-refractivity contribution in [1.82, 2.24) is 10.9 Å². The van der Waals surface area contributed by atoms with E-state index in [4.69, 9.17) is 5.11 Å². The van der Waals surface area contributed by atoms with Crippen molar-refractivity contribution in [2.45, 2.75) is 18.5 Å². The lowest BCUT2D eigenvalue weighted by molar-refractivity contribution is -0.139. The van der Waals surface area contributed by atoms with Gasteiger partial charge in [0.2, 0.25) is 0 Å². The maximum absolute atomic E-state index is 12.9. The highest BCUT2D eigenvalue weighted by molar-refractivity contribution is 5.73. The molecule has 1 aromatic rings. The summed E-state index contributed by atoms with van der Waals surface area (Å²) in [5, 5.41) is 8.76. The summed E-state index contributed by atoms with van der Waals surface area (Å²) >= 11 is 0. The topological polar surface area (TPSA) is 61.4 Å². The standard InChI is InChI=1S/C10H11FN2O2/c11-7-3-1-2-6(4-7)8-5-9(10(14)15)13-12-8/h1-4,8-9,12-13H,5H2,(H,14,15). The minimum Gasteiger partial charge on any atom is -0.480 e. The molecule has 80 valence electrons. The third-order valence-electron chi connectivity index (χ3n) is 2.45. The van der Waals surface area contributed by atoms with Gasteiger partial charge in [0.15, 0.2) is 0 Å². The number of rotatable bonds is 2. The van der Waals surface area contributed by atoms with E-state index < -0.39 is 12.0 Å². The van der Waals surface area contributed by atoms with Gasteiger partial charge in [-0.05, 0) is 24.1 Å². The van der Waals surface area contributed by atoms with E-state index >= 15 is 0 Å². The molecule has 1 aliphatic rings. The van der Waals surface area contributed by atoms with E-state index in [-0.39, 0.29) is 11.9 Å². The van der Waals surface area contributed by atoms with Crippen molar-refractivity contribution in [3.63, 3.8) is 0 Å². The second-order valence-electron chi connectivity index (χ2n) is 3.52. The van der Waals surface area contributed by atoms with E-state index in [0.717, 1.165) is 5.56 Å². The average molecular weight is 210 g/mol. The first-order valence-electron chi connectivity index (χ1n) is 4.66. The fourth-order valence-corrected chi connectivity index (χ4v) is 1.66. The normalized spacial score (nSPS) is 25.4. The van der Waals surface area contributed by atoms with Crippen LogP contribution in [0.2, 0.25) is 0 Å². The van der Waals surface area contributed by atoms with Crippen LogP contribution in [0.4, 0.5) is 4.39 Å². The molecule has 1 aromatic carbocycles. The van der Waals surface area contributed by atoms with Crippen molar-refractivity contribution >= 4 is 5.97 Å². The average Bonchev–Trinajstić information content (AvgIpc) is 2.66. The molecule has 2 atom stereocenters. The number of carboxylic acids is 1. The summed E-state index contributed by atoms with van der Waals surface area (Å²) in [4.78, 5) is 10.7. The van der Waals surface area contributed by atoms with Crippen LogP contribution in [0.5, 0.6) is 0 Å². The molecule has 5 heteroatoms. The van der Waals surface area contributed by atoms with Gasteiger partial charge >= 0.3 is 5.97 Å². The SMILES string of the molecule is O=C(O)C1CC(c2cccc(F)c2)NN1. The molecule has 0 saturated carbocycles. The van der Waals surface area contributed by atoms with Gasteiger partial charge in [0.25, 0.3) is 0 Å². The monoisotopic (exact) mass is 210 g/mol. The fourth-order valence-electron chi connectivity index (χ4n) is 1.66. The summed E-state index contributed by atoms with van der Waals surface area (Å²) in [6, 6.07) is 5.39. The molecule has 0 radical (unpaired) electrons. The van der Waals surface area contributed by atoms with Gasteiger partial charge in [-0.3, -0.25) is 4.79 Å². The number of aliphatic carboxylic acids is 1. The summed E-state index contributed by atoms with van der Waals surface area (Å²) in [6.07, 6.45) is 0.415. The lowest BCUT2D eigenvalue weighted by Crippen LogP contribution is -2.36. The molecule has 2 rings (SSSR count). The maximum atomic E-state index is 12.9. The number of carbonyl (C=O) groups is 1. The van der Waals surface area contributed by atoms with E-state index in [1.54, 1.807) is 12.1 Å². The zero-order chi connectivity index (χ0) is 10.8. The molecule has 4 nitrogen and oxygen atoms in total. The summed E-state index contributed by atoms with van der Waals surface area (Å²) < 4.78 is 12.9. The van der Waals surface area contributed by atoms with Gasteiger partial charge < -0.3 is 5.11 Å². The summed E-state index contributed by atoms with van der Waals surface area (Å²) in [7, 11) is 0. The molecule has 0 bridgehead atoms. The first-order chi connectivity index (χ1) is 7.16. The Bertz CT molecular complexity index is 383. The van der Waals surface area contributed by atoms with Gasteiger partial charge in [-0.25, -0.2) is 15.2 Å². The maximum Gasteiger partial charge on any atom is 0.322 e. The predicted molar refractivity (Wildman–Crippen MR) is 51.5 cm³/mol. The smallest absolute Gasteiger partial charge is 0.322 e. The minimum atomic E-state index is -0.901. The van der Waals surface area contributed by atoms with Crippen LogP contribution in [0, 0.1) is 5.82 Å². The Morgan fingerprint density at radius 1 is 1.47 bits per heavy atom. The van der Waals surface area contributed by atoms with E-state index in [0.29, 0.717) is 6.42 Å². The Hall–Kier alpha value is -1.46. The van der Waals surface area contributed by atoms with Crippen molar-refractivity contribution in [1.29, 1.82) is 0 Å². The summed E-state index contributed by atoms with van der Waals surface area (Å²) in [5.41, 5.74) is 6.24. The molecule has 0 aromatic heterocycles. The van der Waals surface area contributed by atoms with Crippen molar-refractivity contribution in [2.24, 2.45) is 0 Å². The van der Waals surface area contributed by atoms with Crippen LogP contribution in [0.25, 0.3) is 0 Å². The Kier molecular flexibility index (Phi) is 2.66. The number of benzene rings is 1. The zero-order valence-electron chi connectivity index (χ0n) is 7.90. The molecule has 1 fully saturated rings. The highest BCUT2D eigenvalue weighted by Crippen LogP contribution is 2.22. The molecule has 1 saturated heterocycles. The van der Waals surface area contributed by atoms with Crippen molar-refractivity contribution in [2.75, 3.05) is 0 Å². The van der Waals surface area contributed by atoms with Gasteiger partial charge in [0, 0.05) is 6.04 Å². The van der Waals surface area contributed by atoms with Crippen LogP contribution in [0.15, 0.2) is 24.3 Å². The molecular formula is C10H11FN2O2. The molecule has 0 amide bonds. The molecule has 3 N–H and O–H groups in total. The van der Waals surface area contributed by atoms with Crippen LogP contribution in [0.3, 0.4) is 0 Å². The van der Waals surface area contributed by atoms with Crippen LogP contribution in [-0.2, 0) is 4.79 Å². The Labute approximate surface area is 86.1 Å². The van der Waals surface area contributed by atoms with Crippen LogP contribution < -0.4 is 10.9 Å². The van der Waals surface area contributed by atoms with Crippen molar-refractivity contribution in [3.05, 3.63) is 35.6 Å². The largest absolute Gasteiger partial charge is 0.480 e. The van der Waals surface area contributed by atoms with Crippen molar-refractivity contribution < 1.29 is 14.3 Å². The van der Waals surface area contributed by atoms with E-state index in [2.05, 4.69) is 10.9 Å². The number of hydrazine groups is 1. The van der Waals surface area contributed by atoms with Gasteiger partial charge in [-0.1, -0.05) is 12.1 Å². The molecular weight excluding hydrogens is 199 g/mol. The second kappa shape index (κ2) is 3.96. The third kappa shape index (κ3) is 2.14. The van der Waals surface area contributed by atoms with E-state index in [9.17, 15) is 9.18 Å². The first kappa shape index (κ1) is 10.1. The highest BCUT2D eigenvalue weighted by Gasteiger charge is 2.29. The highest BCUT2D eigenvalue weighted by atomic mass is 19.1. The van der Waals surface area contributed by atoms with Crippen LogP contribution >= 0.6 is 0 Å². The quantitative estimate of drug-likeness (QED) is 0.676. The lowest BCUT2D eigenvalue weighted by atomic mass is 10.0. The zero-order valence-corrected chi connectivity index (χ0v) is 7.90. The lowest BCUT2D eigenvalue weighted by Gasteiger charge is -2.08. The Morgan fingerprint density at radius 2 is 2.27 bits per heavy atom. The molecule has 0 spiro atoms. The number of nitrogens with one attached hydrogen (secondary N) is 2. The predicted octanol–water partition coefficient (Wildman–Crippen LogP) is 0.818. The number of hydrogen-bond acceptors (Lipinski definition) is 3. The molecule has 1 aliphatic heterocycles. The molecule has 0 aliphatic carbocycles. The summed E-state index contributed by atoms with van der Waals surface area (Å²) in [6.45, 7) is 0. The van der Waals surface area contributed by atoms with Gasteiger partial charge in [0.05, 0.1) is 0 Å². The van der Waals surface area contributed by atoms with Crippen molar-refractivity contribution in [3.8, 4) is 0 Å². The van der Waals surface area contributed by atoms with Gasteiger partial charge in [0.1, 0.15) is 11.9 Å².